The summed E-state index contributed by atoms with van der Waals surface area (Å²) in [6, 6.07) is 10.3. The van der Waals surface area contributed by atoms with Crippen molar-refractivity contribution in [3.63, 3.8) is 0 Å². The Bertz CT molecular complexity index is 628. The number of para-hydroxylation sites is 1. The number of halogens is 1. The predicted molar refractivity (Wildman–Crippen MR) is 70.9 cm³/mol. The molecule has 0 radical (unpaired) electrons. The molecule has 1 amide bonds. The zero-order valence-electron chi connectivity index (χ0n) is 10.8. The minimum Gasteiger partial charge on any atom is -0.491 e. The Kier molecular flexibility index (Phi) is 3.33. The molecule has 0 bridgehead atoms. The lowest BCUT2D eigenvalue weighted by Gasteiger charge is -2.19. The summed E-state index contributed by atoms with van der Waals surface area (Å²) in [5, 5.41) is 0. The van der Waals surface area contributed by atoms with Gasteiger partial charge in [-0.25, -0.2) is 4.98 Å². The van der Waals surface area contributed by atoms with E-state index in [1.165, 1.54) is 18.3 Å². The molecule has 2 aromatic rings. The quantitative estimate of drug-likeness (QED) is 0.748. The summed E-state index contributed by atoms with van der Waals surface area (Å²) in [6.45, 7) is 1.41. The van der Waals surface area contributed by atoms with Crippen LogP contribution in [0.4, 0.5) is 4.39 Å². The van der Waals surface area contributed by atoms with Gasteiger partial charge in [0, 0.05) is 18.3 Å². The fourth-order valence-electron chi connectivity index (χ4n) is 2.18. The lowest BCUT2D eigenvalue weighted by molar-refractivity contribution is 0.0732. The van der Waals surface area contributed by atoms with Crippen molar-refractivity contribution in [3.05, 3.63) is 59.7 Å². The molecule has 5 heteroatoms. The minimum atomic E-state index is -0.592. The molecule has 1 aliphatic heterocycles. The molecule has 1 aromatic heterocycles. The highest BCUT2D eigenvalue weighted by atomic mass is 19.1. The van der Waals surface area contributed by atoms with E-state index in [0.29, 0.717) is 25.3 Å². The Labute approximate surface area is 115 Å². The number of nitrogens with zero attached hydrogens (tertiary/aromatic N) is 2. The minimum absolute atomic E-state index is 0.169. The van der Waals surface area contributed by atoms with Crippen LogP contribution < -0.4 is 4.74 Å². The third kappa shape index (κ3) is 2.47. The second-order valence-corrected chi connectivity index (χ2v) is 4.55. The van der Waals surface area contributed by atoms with Crippen LogP contribution in [0.3, 0.4) is 0 Å². The van der Waals surface area contributed by atoms with Crippen molar-refractivity contribution in [3.8, 4) is 5.75 Å². The van der Waals surface area contributed by atoms with E-state index in [4.69, 9.17) is 4.74 Å². The molecular formula is C15H13FN2O2. The first kappa shape index (κ1) is 12.6. The highest BCUT2D eigenvalue weighted by Gasteiger charge is 2.20. The molecule has 0 fully saturated rings. The summed E-state index contributed by atoms with van der Waals surface area (Å²) in [7, 11) is 0. The summed E-state index contributed by atoms with van der Waals surface area (Å²) in [5.74, 6) is 0.0453. The van der Waals surface area contributed by atoms with E-state index in [2.05, 4.69) is 4.98 Å². The van der Waals surface area contributed by atoms with Gasteiger partial charge in [0.05, 0.1) is 12.1 Å². The van der Waals surface area contributed by atoms with Gasteiger partial charge in [-0.3, -0.25) is 4.79 Å². The van der Waals surface area contributed by atoms with E-state index in [-0.39, 0.29) is 5.91 Å². The SMILES string of the molecule is O=C(c1ccc(F)nc1)N1CCOc2ccccc2C1. The molecule has 20 heavy (non-hydrogen) atoms. The second-order valence-electron chi connectivity index (χ2n) is 4.55. The number of rotatable bonds is 1. The Morgan fingerprint density at radius 2 is 2.10 bits per heavy atom. The Balaban J connectivity index is 1.84. The Morgan fingerprint density at radius 3 is 2.90 bits per heavy atom. The van der Waals surface area contributed by atoms with Crippen LogP contribution in [0.1, 0.15) is 15.9 Å². The van der Waals surface area contributed by atoms with Crippen molar-refractivity contribution in [1.82, 2.24) is 9.88 Å². The normalized spacial score (nSPS) is 14.2. The molecule has 102 valence electrons. The maximum Gasteiger partial charge on any atom is 0.255 e. The van der Waals surface area contributed by atoms with Gasteiger partial charge < -0.3 is 9.64 Å². The fraction of sp³-hybridized carbons (Fsp3) is 0.200. The summed E-state index contributed by atoms with van der Waals surface area (Å²) >= 11 is 0. The van der Waals surface area contributed by atoms with E-state index >= 15 is 0 Å². The van der Waals surface area contributed by atoms with Crippen molar-refractivity contribution in [1.29, 1.82) is 0 Å². The van der Waals surface area contributed by atoms with Gasteiger partial charge >= 0.3 is 0 Å². The summed E-state index contributed by atoms with van der Waals surface area (Å²) in [6.07, 6.45) is 1.26. The van der Waals surface area contributed by atoms with E-state index in [1.807, 2.05) is 24.3 Å². The molecule has 0 spiro atoms. The zero-order valence-corrected chi connectivity index (χ0v) is 10.8. The van der Waals surface area contributed by atoms with Crippen LogP contribution in [0.25, 0.3) is 0 Å². The van der Waals surface area contributed by atoms with Crippen LogP contribution >= 0.6 is 0 Å². The number of fused-ring (bicyclic) bond motifs is 1. The predicted octanol–water partition coefficient (Wildman–Crippen LogP) is 2.26. The smallest absolute Gasteiger partial charge is 0.255 e. The summed E-state index contributed by atoms with van der Waals surface area (Å²) in [5.41, 5.74) is 1.35. The molecule has 2 heterocycles. The maximum atomic E-state index is 12.8. The summed E-state index contributed by atoms with van der Waals surface area (Å²) in [4.78, 5) is 17.6. The van der Waals surface area contributed by atoms with E-state index < -0.39 is 5.95 Å². The van der Waals surface area contributed by atoms with Gasteiger partial charge in [0.1, 0.15) is 12.4 Å². The number of ether oxygens (including phenoxy) is 1. The number of amides is 1. The number of carbonyl (C=O) groups excluding carboxylic acids is 1. The monoisotopic (exact) mass is 272 g/mol. The lowest BCUT2D eigenvalue weighted by atomic mass is 10.1. The van der Waals surface area contributed by atoms with Gasteiger partial charge in [0.15, 0.2) is 0 Å². The molecule has 4 nitrogen and oxygen atoms in total. The van der Waals surface area contributed by atoms with E-state index in [9.17, 15) is 9.18 Å². The summed E-state index contributed by atoms with van der Waals surface area (Å²) < 4.78 is 18.4. The topological polar surface area (TPSA) is 42.4 Å². The van der Waals surface area contributed by atoms with E-state index in [0.717, 1.165) is 11.3 Å². The van der Waals surface area contributed by atoms with Crippen molar-refractivity contribution in [2.24, 2.45) is 0 Å². The molecule has 1 aliphatic rings. The molecule has 1 aromatic carbocycles. The zero-order chi connectivity index (χ0) is 13.9. The molecule has 0 aliphatic carbocycles. The lowest BCUT2D eigenvalue weighted by Crippen LogP contribution is -2.32. The molecule has 0 saturated carbocycles. The average molecular weight is 272 g/mol. The number of carbonyl (C=O) groups is 1. The molecule has 0 atom stereocenters. The van der Waals surface area contributed by atoms with Crippen LogP contribution in [-0.2, 0) is 6.54 Å². The van der Waals surface area contributed by atoms with Gasteiger partial charge in [0.2, 0.25) is 5.95 Å². The number of hydrogen-bond donors (Lipinski definition) is 0. The maximum absolute atomic E-state index is 12.8. The first-order chi connectivity index (χ1) is 9.74. The van der Waals surface area contributed by atoms with Gasteiger partial charge in [0.25, 0.3) is 5.91 Å². The van der Waals surface area contributed by atoms with Crippen LogP contribution in [0.2, 0.25) is 0 Å². The Morgan fingerprint density at radius 1 is 1.25 bits per heavy atom. The highest BCUT2D eigenvalue weighted by molar-refractivity contribution is 5.93. The first-order valence-corrected chi connectivity index (χ1v) is 6.35. The van der Waals surface area contributed by atoms with Crippen LogP contribution in [0.5, 0.6) is 5.75 Å². The molecule has 0 unspecified atom stereocenters. The van der Waals surface area contributed by atoms with Gasteiger partial charge in [-0.05, 0) is 18.2 Å². The van der Waals surface area contributed by atoms with Gasteiger partial charge in [-0.15, -0.1) is 0 Å². The molecule has 0 N–H and O–H groups in total. The second kappa shape index (κ2) is 5.28. The van der Waals surface area contributed by atoms with Gasteiger partial charge in [-0.1, -0.05) is 18.2 Å². The number of pyridine rings is 1. The molecular weight excluding hydrogens is 259 g/mol. The third-order valence-electron chi connectivity index (χ3n) is 3.21. The fourth-order valence-corrected chi connectivity index (χ4v) is 2.18. The number of hydrogen-bond acceptors (Lipinski definition) is 3. The van der Waals surface area contributed by atoms with Crippen LogP contribution in [0, 0.1) is 5.95 Å². The third-order valence-corrected chi connectivity index (χ3v) is 3.21. The highest BCUT2D eigenvalue weighted by Crippen LogP contribution is 2.23. The van der Waals surface area contributed by atoms with Gasteiger partial charge in [-0.2, -0.15) is 4.39 Å². The number of benzene rings is 1. The first-order valence-electron chi connectivity index (χ1n) is 6.35. The molecule has 3 rings (SSSR count). The Hall–Kier alpha value is -2.43. The van der Waals surface area contributed by atoms with Crippen molar-refractivity contribution in [2.45, 2.75) is 6.54 Å². The molecule has 0 saturated heterocycles. The largest absolute Gasteiger partial charge is 0.491 e. The van der Waals surface area contributed by atoms with Crippen LogP contribution in [0.15, 0.2) is 42.6 Å². The number of aromatic nitrogens is 1. The van der Waals surface area contributed by atoms with Crippen molar-refractivity contribution < 1.29 is 13.9 Å². The van der Waals surface area contributed by atoms with Crippen molar-refractivity contribution in [2.75, 3.05) is 13.2 Å². The van der Waals surface area contributed by atoms with Crippen LogP contribution in [-0.4, -0.2) is 28.9 Å². The average Bonchev–Trinajstić information content (AvgIpc) is 2.69. The standard InChI is InChI=1S/C15H13FN2O2/c16-14-6-5-11(9-17-14)15(19)18-7-8-20-13-4-2-1-3-12(13)10-18/h1-6,9H,7-8,10H2. The van der Waals surface area contributed by atoms with E-state index in [1.54, 1.807) is 4.90 Å². The van der Waals surface area contributed by atoms with Crippen molar-refractivity contribution >= 4 is 5.91 Å².